The molecule has 0 bridgehead atoms. The maximum absolute atomic E-state index is 4.86. The standard InChI is InChI=1S/C24H18N6/c1-29-13-14-30(16-29)18-6-2-5-17(15-18)24(21-9-12-27-28-21)22-19(7-3-10-25-22)20-8-4-11-26-23(20)24/h2-15H,1H3,(H,27,28)/q+2. The van der Waals surface area contributed by atoms with Gasteiger partial charge < -0.3 is 0 Å². The van der Waals surface area contributed by atoms with Crippen LogP contribution in [-0.4, -0.2) is 42.4 Å². The molecule has 0 spiro atoms. The summed E-state index contributed by atoms with van der Waals surface area (Å²) in [7, 11) is 1.96. The molecule has 0 fully saturated rings. The topological polar surface area (TPSA) is 60.5 Å². The number of aromatic amines is 1. The molecular formula is C24H18N6+2. The summed E-state index contributed by atoms with van der Waals surface area (Å²) in [5, 5.41) is 7.49. The Morgan fingerprint density at radius 1 is 0.867 bits per heavy atom. The van der Waals surface area contributed by atoms with Crippen molar-refractivity contribution in [3.8, 4) is 11.1 Å². The number of rotatable bonds is 3. The second kappa shape index (κ2) is 6.17. The smallest absolute Gasteiger partial charge is 0.281 e. The first kappa shape index (κ1) is 16.8. The van der Waals surface area contributed by atoms with Crippen molar-refractivity contribution in [3.05, 3.63) is 108 Å². The molecule has 6 rings (SSSR count). The van der Waals surface area contributed by atoms with Gasteiger partial charge in [-0.1, -0.05) is 33.4 Å². The Bertz CT molecular complexity index is 1350. The summed E-state index contributed by atoms with van der Waals surface area (Å²) in [6.07, 6.45) is 9.44. The quantitative estimate of drug-likeness (QED) is 0.480. The lowest BCUT2D eigenvalue weighted by molar-refractivity contribution is -0.429. The Morgan fingerprint density at radius 2 is 1.63 bits per heavy atom. The third-order valence-corrected chi connectivity index (χ3v) is 5.78. The molecular weight excluding hydrogens is 372 g/mol. The lowest BCUT2D eigenvalue weighted by Gasteiger charge is -2.29. The zero-order valence-corrected chi connectivity index (χ0v) is 16.3. The summed E-state index contributed by atoms with van der Waals surface area (Å²) in [6, 6.07) is 21.9. The molecule has 1 aliphatic heterocycles. The largest absolute Gasteiger partial charge is 0.495 e. The van der Waals surface area contributed by atoms with E-state index in [4.69, 9.17) is 9.97 Å². The Hall–Kier alpha value is -4.15. The van der Waals surface area contributed by atoms with Gasteiger partial charge in [0.15, 0.2) is 7.05 Å². The lowest BCUT2D eigenvalue weighted by atomic mass is 9.74. The predicted molar refractivity (Wildman–Crippen MR) is 112 cm³/mol. The van der Waals surface area contributed by atoms with Crippen LogP contribution < -0.4 is 0 Å². The van der Waals surface area contributed by atoms with Crippen LogP contribution in [0.15, 0.2) is 85.6 Å². The highest BCUT2D eigenvalue weighted by atomic mass is 15.1. The second-order valence-corrected chi connectivity index (χ2v) is 7.45. The van der Waals surface area contributed by atoms with Gasteiger partial charge >= 0.3 is 6.01 Å². The summed E-state index contributed by atoms with van der Waals surface area (Å²) >= 11 is 0. The highest BCUT2D eigenvalue weighted by Gasteiger charge is 2.50. The van der Waals surface area contributed by atoms with Crippen molar-refractivity contribution in [2.75, 3.05) is 7.05 Å². The number of fused-ring (bicyclic) bond motifs is 3. The van der Waals surface area contributed by atoms with E-state index in [9.17, 15) is 0 Å². The zero-order valence-electron chi connectivity index (χ0n) is 16.3. The van der Waals surface area contributed by atoms with Gasteiger partial charge in [0, 0.05) is 41.9 Å². The third-order valence-electron chi connectivity index (χ3n) is 5.78. The number of nitrogens with zero attached hydrogens (tertiary/aromatic N) is 5. The monoisotopic (exact) mass is 390 g/mol. The first-order chi connectivity index (χ1) is 14.8. The number of hydrogen-bond donors (Lipinski definition) is 1. The molecule has 6 heteroatoms. The SMILES string of the molecule is C[N+]1=C=[N+](c2cccc(C3(c4ccn[nH]4)c4ncccc4-c4cccnc43)c2)C=C1. The molecule has 4 aromatic rings. The van der Waals surface area contributed by atoms with E-state index in [1.807, 2.05) is 59.2 Å². The van der Waals surface area contributed by atoms with Crippen molar-refractivity contribution in [2.45, 2.75) is 5.41 Å². The van der Waals surface area contributed by atoms with Crippen LogP contribution in [0.2, 0.25) is 0 Å². The number of benzene rings is 1. The molecule has 142 valence electrons. The van der Waals surface area contributed by atoms with Crippen molar-refractivity contribution in [2.24, 2.45) is 0 Å². The van der Waals surface area contributed by atoms with E-state index in [0.29, 0.717) is 0 Å². The van der Waals surface area contributed by atoms with Crippen LogP contribution in [0.1, 0.15) is 22.6 Å². The van der Waals surface area contributed by atoms with E-state index in [2.05, 4.69) is 52.6 Å². The Morgan fingerprint density at radius 3 is 2.27 bits per heavy atom. The van der Waals surface area contributed by atoms with Gasteiger partial charge in [0.05, 0.1) is 17.1 Å². The van der Waals surface area contributed by atoms with E-state index >= 15 is 0 Å². The molecule has 0 radical (unpaired) electrons. The van der Waals surface area contributed by atoms with Crippen LogP contribution in [0.4, 0.5) is 5.69 Å². The molecule has 6 nitrogen and oxygen atoms in total. The molecule has 1 N–H and O–H groups in total. The fourth-order valence-corrected chi connectivity index (χ4v) is 4.54. The molecule has 2 aliphatic rings. The molecule has 1 aromatic carbocycles. The average Bonchev–Trinajstić information content (AvgIpc) is 3.52. The van der Waals surface area contributed by atoms with Crippen molar-refractivity contribution in [3.63, 3.8) is 0 Å². The fraction of sp³-hybridized carbons (Fsp3) is 0.0833. The molecule has 3 aromatic heterocycles. The Kier molecular flexibility index (Phi) is 3.45. The average molecular weight is 390 g/mol. The number of H-pyrrole nitrogens is 1. The molecule has 4 heterocycles. The van der Waals surface area contributed by atoms with Crippen LogP contribution in [0, 0.1) is 0 Å². The van der Waals surface area contributed by atoms with Crippen molar-refractivity contribution >= 4 is 11.7 Å². The van der Waals surface area contributed by atoms with Crippen LogP contribution in [0.3, 0.4) is 0 Å². The van der Waals surface area contributed by atoms with Gasteiger partial charge in [0.1, 0.15) is 5.41 Å². The maximum Gasteiger partial charge on any atom is 0.495 e. The molecule has 0 amide bonds. The summed E-state index contributed by atoms with van der Waals surface area (Å²) < 4.78 is 3.89. The van der Waals surface area contributed by atoms with Gasteiger partial charge in [-0.05, 0) is 23.8 Å². The third kappa shape index (κ3) is 2.16. The van der Waals surface area contributed by atoms with Crippen LogP contribution in [-0.2, 0) is 5.41 Å². The van der Waals surface area contributed by atoms with E-state index in [-0.39, 0.29) is 0 Å². The number of nitrogens with one attached hydrogen (secondary N) is 1. The Balaban J connectivity index is 1.71. The number of hydrogen-bond acceptors (Lipinski definition) is 3. The van der Waals surface area contributed by atoms with E-state index in [1.54, 1.807) is 6.20 Å². The maximum atomic E-state index is 4.86. The van der Waals surface area contributed by atoms with Crippen LogP contribution in [0.5, 0.6) is 0 Å². The van der Waals surface area contributed by atoms with Gasteiger partial charge in [-0.2, -0.15) is 5.10 Å². The van der Waals surface area contributed by atoms with Crippen molar-refractivity contribution in [1.82, 2.24) is 20.2 Å². The van der Waals surface area contributed by atoms with Gasteiger partial charge in [0.25, 0.3) is 6.20 Å². The molecule has 0 unspecified atom stereocenters. The minimum atomic E-state index is -0.672. The van der Waals surface area contributed by atoms with Gasteiger partial charge in [0.2, 0.25) is 11.9 Å². The van der Waals surface area contributed by atoms with Gasteiger partial charge in [-0.3, -0.25) is 15.1 Å². The minimum absolute atomic E-state index is 0.672. The summed E-state index contributed by atoms with van der Waals surface area (Å²) in [5.74, 6) is 0. The molecule has 0 atom stereocenters. The predicted octanol–water partition coefficient (Wildman–Crippen LogP) is 3.51. The highest BCUT2D eigenvalue weighted by Crippen LogP contribution is 2.53. The molecule has 0 saturated heterocycles. The lowest BCUT2D eigenvalue weighted by Crippen LogP contribution is -2.31. The first-order valence-electron chi connectivity index (χ1n) is 9.77. The van der Waals surface area contributed by atoms with Crippen molar-refractivity contribution < 1.29 is 9.15 Å². The summed E-state index contributed by atoms with van der Waals surface area (Å²) in [4.78, 5) is 9.72. The Labute approximate surface area is 173 Å². The molecule has 30 heavy (non-hydrogen) atoms. The molecule has 0 saturated carbocycles. The van der Waals surface area contributed by atoms with Crippen LogP contribution >= 0.6 is 0 Å². The normalized spacial score (nSPS) is 15.5. The van der Waals surface area contributed by atoms with E-state index in [0.717, 1.165) is 39.5 Å². The number of pyridine rings is 2. The van der Waals surface area contributed by atoms with Crippen LogP contribution in [0.25, 0.3) is 11.1 Å². The highest BCUT2D eigenvalue weighted by molar-refractivity contribution is 5.82. The summed E-state index contributed by atoms with van der Waals surface area (Å²) in [5.41, 5.74) is 6.48. The van der Waals surface area contributed by atoms with E-state index < -0.39 is 5.41 Å². The summed E-state index contributed by atoms with van der Waals surface area (Å²) in [6.45, 7) is 0. The van der Waals surface area contributed by atoms with Gasteiger partial charge in [-0.15, -0.1) is 0 Å². The van der Waals surface area contributed by atoms with Gasteiger partial charge in [-0.25, -0.2) is 0 Å². The number of aromatic nitrogens is 4. The minimum Gasteiger partial charge on any atom is -0.281 e. The van der Waals surface area contributed by atoms with E-state index in [1.165, 1.54) is 0 Å². The van der Waals surface area contributed by atoms with Crippen molar-refractivity contribution in [1.29, 1.82) is 0 Å². The first-order valence-corrected chi connectivity index (χ1v) is 9.77. The zero-order chi connectivity index (χ0) is 20.1. The molecule has 1 aliphatic carbocycles. The second-order valence-electron chi connectivity index (χ2n) is 7.45. The fourth-order valence-electron chi connectivity index (χ4n) is 4.54.